The first kappa shape index (κ1) is 21.4. The van der Waals surface area contributed by atoms with Crippen LogP contribution in [0.3, 0.4) is 0 Å². The molecule has 0 unspecified atom stereocenters. The second kappa shape index (κ2) is 9.15. The lowest BCUT2D eigenvalue weighted by Crippen LogP contribution is -2.15. The van der Waals surface area contributed by atoms with Gasteiger partial charge in [0.1, 0.15) is 0 Å². The number of ketones is 1. The fourth-order valence-corrected chi connectivity index (χ4v) is 3.65. The normalized spacial score (nSPS) is 10.8. The maximum atomic E-state index is 13.0. The number of carbonyl (C=O) groups excluding carboxylic acids is 2. The predicted molar refractivity (Wildman–Crippen MR) is 127 cm³/mol. The molecule has 4 nitrogen and oxygen atoms in total. The molecule has 0 fully saturated rings. The molecule has 0 spiro atoms. The van der Waals surface area contributed by atoms with Gasteiger partial charge < -0.3 is 4.74 Å². The number of aryl methyl sites for hydroxylation is 3. The molecule has 0 N–H and O–H groups in total. The lowest BCUT2D eigenvalue weighted by atomic mass is 10.0. The number of nitrogens with zero attached hydrogens (tertiary/aromatic N) is 1. The smallest absolute Gasteiger partial charge is 0.339 e. The molecule has 0 aliphatic rings. The number of carbonyl (C=O) groups is 2. The average Bonchev–Trinajstić information content (AvgIpc) is 2.82. The molecule has 3 aromatic carbocycles. The van der Waals surface area contributed by atoms with Crippen molar-refractivity contribution in [1.29, 1.82) is 0 Å². The summed E-state index contributed by atoms with van der Waals surface area (Å²) in [5.74, 6) is -0.760. The lowest BCUT2D eigenvalue weighted by molar-refractivity contribution is 0.0476. The van der Waals surface area contributed by atoms with E-state index < -0.39 is 5.97 Å². The SMILES string of the molecule is CCc1ccc(C(=O)COC(=O)c2cc(-c3ccc(C)cc3)nc3c(C)cccc23)cc1. The number of para-hydroxylation sites is 1. The zero-order chi connectivity index (χ0) is 22.7. The summed E-state index contributed by atoms with van der Waals surface area (Å²) < 4.78 is 5.44. The quantitative estimate of drug-likeness (QED) is 0.277. The van der Waals surface area contributed by atoms with E-state index in [1.165, 1.54) is 0 Å². The highest BCUT2D eigenvalue weighted by molar-refractivity contribution is 6.06. The van der Waals surface area contributed by atoms with Crippen LogP contribution in [0.5, 0.6) is 0 Å². The maximum Gasteiger partial charge on any atom is 0.339 e. The summed E-state index contributed by atoms with van der Waals surface area (Å²) in [7, 11) is 0. The Kier molecular flexibility index (Phi) is 6.13. The van der Waals surface area contributed by atoms with Crippen molar-refractivity contribution in [2.75, 3.05) is 6.61 Å². The predicted octanol–water partition coefficient (Wildman–Crippen LogP) is 6.12. The largest absolute Gasteiger partial charge is 0.454 e. The molecule has 0 saturated carbocycles. The summed E-state index contributed by atoms with van der Waals surface area (Å²) in [5, 5.41) is 0.714. The molecule has 4 rings (SSSR count). The van der Waals surface area contributed by atoms with Crippen molar-refractivity contribution in [2.24, 2.45) is 0 Å². The monoisotopic (exact) mass is 423 g/mol. The molecule has 32 heavy (non-hydrogen) atoms. The number of fused-ring (bicyclic) bond motifs is 1. The summed E-state index contributed by atoms with van der Waals surface area (Å²) in [6, 6.07) is 22.8. The van der Waals surface area contributed by atoms with E-state index in [4.69, 9.17) is 9.72 Å². The number of Topliss-reactive ketones (excluding diaryl/α,β-unsaturated/α-hetero) is 1. The van der Waals surface area contributed by atoms with Gasteiger partial charge in [-0.25, -0.2) is 9.78 Å². The summed E-state index contributed by atoms with van der Waals surface area (Å²) in [6.45, 7) is 5.74. The van der Waals surface area contributed by atoms with Crippen LogP contribution in [0.15, 0.2) is 72.8 Å². The number of ether oxygens (including phenoxy) is 1. The molecule has 0 radical (unpaired) electrons. The van der Waals surface area contributed by atoms with Crippen molar-refractivity contribution in [2.45, 2.75) is 27.2 Å². The molecule has 4 heteroatoms. The number of hydrogen-bond acceptors (Lipinski definition) is 4. The van der Waals surface area contributed by atoms with Crippen LogP contribution in [0.25, 0.3) is 22.2 Å². The first-order valence-electron chi connectivity index (χ1n) is 10.7. The number of aromatic nitrogens is 1. The summed E-state index contributed by atoms with van der Waals surface area (Å²) in [4.78, 5) is 30.4. The number of hydrogen-bond donors (Lipinski definition) is 0. The Labute approximate surface area is 187 Å². The third kappa shape index (κ3) is 4.45. The van der Waals surface area contributed by atoms with Gasteiger partial charge >= 0.3 is 5.97 Å². The zero-order valence-corrected chi connectivity index (χ0v) is 18.5. The first-order chi connectivity index (χ1) is 15.5. The highest BCUT2D eigenvalue weighted by atomic mass is 16.5. The van der Waals surface area contributed by atoms with Crippen LogP contribution in [0.1, 0.15) is 44.3 Å². The average molecular weight is 424 g/mol. The van der Waals surface area contributed by atoms with Gasteiger partial charge in [-0.1, -0.05) is 79.2 Å². The highest BCUT2D eigenvalue weighted by Crippen LogP contribution is 2.27. The second-order valence-electron chi connectivity index (χ2n) is 7.94. The Hall–Kier alpha value is -3.79. The van der Waals surface area contributed by atoms with Crippen LogP contribution in [0.2, 0.25) is 0 Å². The molecule has 4 aromatic rings. The lowest BCUT2D eigenvalue weighted by Gasteiger charge is -2.12. The van der Waals surface area contributed by atoms with Crippen LogP contribution < -0.4 is 0 Å². The molecule has 0 aliphatic heterocycles. The van der Waals surface area contributed by atoms with Gasteiger partial charge in [0.25, 0.3) is 0 Å². The van der Waals surface area contributed by atoms with Crippen LogP contribution in [-0.4, -0.2) is 23.3 Å². The van der Waals surface area contributed by atoms with Crippen LogP contribution in [0, 0.1) is 13.8 Å². The Balaban J connectivity index is 1.64. The standard InChI is InChI=1S/C28H25NO3/c1-4-20-10-14-22(15-11-20)26(30)17-32-28(31)24-16-25(21-12-8-18(2)9-13-21)29-27-19(3)6-5-7-23(24)27/h5-16H,4,17H2,1-3H3. The van der Waals surface area contributed by atoms with Gasteiger partial charge in [-0.05, 0) is 37.5 Å². The van der Waals surface area contributed by atoms with Crippen LogP contribution in [0.4, 0.5) is 0 Å². The van der Waals surface area contributed by atoms with Crippen molar-refractivity contribution in [1.82, 2.24) is 4.98 Å². The van der Waals surface area contributed by atoms with Crippen molar-refractivity contribution < 1.29 is 14.3 Å². The molecule has 0 bridgehead atoms. The van der Waals surface area contributed by atoms with E-state index in [9.17, 15) is 9.59 Å². The minimum Gasteiger partial charge on any atom is -0.454 e. The van der Waals surface area contributed by atoms with E-state index in [1.54, 1.807) is 18.2 Å². The number of esters is 1. The molecular weight excluding hydrogens is 398 g/mol. The third-order valence-corrected chi connectivity index (χ3v) is 5.63. The van der Waals surface area contributed by atoms with E-state index in [1.807, 2.05) is 68.4 Å². The van der Waals surface area contributed by atoms with Gasteiger partial charge in [-0.2, -0.15) is 0 Å². The molecule has 0 atom stereocenters. The minimum absolute atomic E-state index is 0.227. The van der Waals surface area contributed by atoms with Gasteiger partial charge in [0.05, 0.1) is 16.8 Å². The molecule has 1 heterocycles. The third-order valence-electron chi connectivity index (χ3n) is 5.63. The van der Waals surface area contributed by atoms with Gasteiger partial charge in [0.2, 0.25) is 0 Å². The second-order valence-corrected chi connectivity index (χ2v) is 7.94. The van der Waals surface area contributed by atoms with Crippen molar-refractivity contribution >= 4 is 22.7 Å². The van der Waals surface area contributed by atoms with Gasteiger partial charge in [0, 0.05) is 16.5 Å². The molecular formula is C28H25NO3. The van der Waals surface area contributed by atoms with Crippen molar-refractivity contribution in [3.63, 3.8) is 0 Å². The number of benzene rings is 3. The number of pyridine rings is 1. The molecule has 1 aromatic heterocycles. The number of rotatable bonds is 6. The fraction of sp³-hybridized carbons (Fsp3) is 0.179. The Morgan fingerprint density at radius 2 is 1.62 bits per heavy atom. The minimum atomic E-state index is -0.533. The summed E-state index contributed by atoms with van der Waals surface area (Å²) >= 11 is 0. The fourth-order valence-electron chi connectivity index (χ4n) is 3.65. The van der Waals surface area contributed by atoms with Gasteiger partial charge in [-0.15, -0.1) is 0 Å². The Morgan fingerprint density at radius 1 is 0.906 bits per heavy atom. The maximum absolute atomic E-state index is 13.0. The van der Waals surface area contributed by atoms with E-state index in [0.717, 1.165) is 34.2 Å². The molecule has 0 aliphatic carbocycles. The molecule has 160 valence electrons. The molecule has 0 saturated heterocycles. The topological polar surface area (TPSA) is 56.3 Å². The van der Waals surface area contributed by atoms with E-state index >= 15 is 0 Å². The zero-order valence-electron chi connectivity index (χ0n) is 18.5. The summed E-state index contributed by atoms with van der Waals surface area (Å²) in [6.07, 6.45) is 0.904. The van der Waals surface area contributed by atoms with Crippen molar-refractivity contribution in [3.05, 3.63) is 101 Å². The first-order valence-corrected chi connectivity index (χ1v) is 10.7. The Bertz CT molecular complexity index is 1290. The van der Waals surface area contributed by atoms with Crippen LogP contribution >= 0.6 is 0 Å². The van der Waals surface area contributed by atoms with Crippen LogP contribution in [-0.2, 0) is 11.2 Å². The van der Waals surface area contributed by atoms with E-state index in [-0.39, 0.29) is 12.4 Å². The Morgan fingerprint density at radius 3 is 2.31 bits per heavy atom. The van der Waals surface area contributed by atoms with Gasteiger partial charge in [-0.3, -0.25) is 4.79 Å². The van der Waals surface area contributed by atoms with Crippen molar-refractivity contribution in [3.8, 4) is 11.3 Å². The molecule has 0 amide bonds. The van der Waals surface area contributed by atoms with E-state index in [2.05, 4.69) is 6.92 Å². The summed E-state index contributed by atoms with van der Waals surface area (Å²) in [5.41, 5.74) is 6.57. The van der Waals surface area contributed by atoms with E-state index in [0.29, 0.717) is 22.2 Å². The highest BCUT2D eigenvalue weighted by Gasteiger charge is 2.18. The van der Waals surface area contributed by atoms with Gasteiger partial charge in [0.15, 0.2) is 12.4 Å².